The third-order valence-electron chi connectivity index (χ3n) is 6.57. The summed E-state index contributed by atoms with van der Waals surface area (Å²) in [5, 5.41) is 0. The fraction of sp³-hybridized carbons (Fsp3) is 0.423. The maximum absolute atomic E-state index is 13.1. The molecule has 0 radical (unpaired) electrons. The minimum atomic E-state index is -3.63. The number of thiazole rings is 1. The molecule has 192 valence electrons. The van der Waals surface area contributed by atoms with Gasteiger partial charge < -0.3 is 9.30 Å². The van der Waals surface area contributed by atoms with Gasteiger partial charge in [0.15, 0.2) is 4.80 Å². The van der Waals surface area contributed by atoms with E-state index in [4.69, 9.17) is 4.74 Å². The van der Waals surface area contributed by atoms with Crippen molar-refractivity contribution in [2.45, 2.75) is 63.4 Å². The van der Waals surface area contributed by atoms with Crippen LogP contribution in [0.15, 0.2) is 52.4 Å². The molecule has 0 atom stereocenters. The quantitative estimate of drug-likeness (QED) is 0.417. The van der Waals surface area contributed by atoms with E-state index in [0.29, 0.717) is 29.1 Å². The van der Waals surface area contributed by atoms with Crippen molar-refractivity contribution in [3.05, 3.63) is 58.4 Å². The molecule has 0 N–H and O–H groups in total. The third kappa shape index (κ3) is 5.30. The largest absolute Gasteiger partial charge is 0.462 e. The second kappa shape index (κ2) is 11.1. The Bertz CT molecular complexity index is 1430. The molecule has 1 aromatic heterocycles. The molecule has 1 aliphatic rings. The number of carbonyl (C=O) groups is 2. The van der Waals surface area contributed by atoms with E-state index in [2.05, 4.69) is 4.99 Å². The standard InChI is InChI=1S/C26H31N3O5S2/c1-4-29-22-16-13-19(25(31)34-5-2)17-23(22)35-26(29)27-24(30)18-11-14-21(15-12-18)36(32,33)28(3)20-9-7-6-8-10-20/h11-17,20H,4-10H2,1-3H3. The number of aryl methyl sites for hydroxylation is 1. The summed E-state index contributed by atoms with van der Waals surface area (Å²) < 4.78 is 35.5. The van der Waals surface area contributed by atoms with Gasteiger partial charge in [-0.3, -0.25) is 4.79 Å². The lowest BCUT2D eigenvalue weighted by molar-refractivity contribution is 0.0526. The van der Waals surface area contributed by atoms with Gasteiger partial charge in [-0.05, 0) is 69.2 Å². The number of carbonyl (C=O) groups excluding carboxylic acids is 2. The Morgan fingerprint density at radius 1 is 1.06 bits per heavy atom. The number of hydrogen-bond acceptors (Lipinski definition) is 6. The van der Waals surface area contributed by atoms with E-state index in [-0.39, 0.29) is 10.9 Å². The summed E-state index contributed by atoms with van der Waals surface area (Å²) in [6.07, 6.45) is 4.98. The highest BCUT2D eigenvalue weighted by atomic mass is 32.2. The molecule has 0 unspecified atom stereocenters. The molecule has 10 heteroatoms. The minimum Gasteiger partial charge on any atom is -0.462 e. The van der Waals surface area contributed by atoms with E-state index < -0.39 is 21.9 Å². The smallest absolute Gasteiger partial charge is 0.338 e. The van der Waals surface area contributed by atoms with Crippen LogP contribution in [0.3, 0.4) is 0 Å². The Morgan fingerprint density at radius 2 is 1.72 bits per heavy atom. The van der Waals surface area contributed by atoms with Crippen LogP contribution in [0.5, 0.6) is 0 Å². The van der Waals surface area contributed by atoms with E-state index in [0.717, 1.165) is 42.3 Å². The van der Waals surface area contributed by atoms with E-state index >= 15 is 0 Å². The van der Waals surface area contributed by atoms with E-state index in [9.17, 15) is 18.0 Å². The van der Waals surface area contributed by atoms with Crippen LogP contribution >= 0.6 is 11.3 Å². The summed E-state index contributed by atoms with van der Waals surface area (Å²) in [6.45, 7) is 4.60. The fourth-order valence-electron chi connectivity index (χ4n) is 4.53. The average Bonchev–Trinajstić information content (AvgIpc) is 3.24. The van der Waals surface area contributed by atoms with Gasteiger partial charge in [-0.15, -0.1) is 0 Å². The Balaban J connectivity index is 1.60. The van der Waals surface area contributed by atoms with Crippen LogP contribution in [0, 0.1) is 0 Å². The zero-order chi connectivity index (χ0) is 25.9. The molecule has 8 nitrogen and oxygen atoms in total. The molecular formula is C26H31N3O5S2. The van der Waals surface area contributed by atoms with Crippen LogP contribution in [0.1, 0.15) is 66.7 Å². The first kappa shape index (κ1) is 26.2. The number of fused-ring (bicyclic) bond motifs is 1. The molecule has 1 heterocycles. The lowest BCUT2D eigenvalue weighted by Gasteiger charge is -2.30. The lowest BCUT2D eigenvalue weighted by Crippen LogP contribution is -2.38. The lowest BCUT2D eigenvalue weighted by atomic mass is 9.96. The van der Waals surface area contributed by atoms with Crippen LogP contribution < -0.4 is 4.80 Å². The summed E-state index contributed by atoms with van der Waals surface area (Å²) in [5.41, 5.74) is 1.62. The van der Waals surface area contributed by atoms with Crippen LogP contribution in [0.4, 0.5) is 0 Å². The predicted octanol–water partition coefficient (Wildman–Crippen LogP) is 4.59. The van der Waals surface area contributed by atoms with Crippen molar-refractivity contribution in [2.24, 2.45) is 4.99 Å². The van der Waals surface area contributed by atoms with Crippen molar-refractivity contribution in [1.82, 2.24) is 8.87 Å². The molecular weight excluding hydrogens is 498 g/mol. The van der Waals surface area contributed by atoms with E-state index in [1.807, 2.05) is 17.6 Å². The summed E-state index contributed by atoms with van der Waals surface area (Å²) in [5.74, 6) is -0.853. The normalized spacial score (nSPS) is 15.5. The maximum atomic E-state index is 13.1. The van der Waals surface area contributed by atoms with Crippen molar-refractivity contribution < 1.29 is 22.7 Å². The van der Waals surface area contributed by atoms with Gasteiger partial charge in [0, 0.05) is 25.2 Å². The molecule has 0 spiro atoms. The van der Waals surface area contributed by atoms with Crippen molar-refractivity contribution in [2.75, 3.05) is 13.7 Å². The second-order valence-electron chi connectivity index (χ2n) is 8.79. The third-order valence-corrected chi connectivity index (χ3v) is 9.54. The van der Waals surface area contributed by atoms with Gasteiger partial charge in [0.05, 0.1) is 27.3 Å². The highest BCUT2D eigenvalue weighted by Crippen LogP contribution is 2.27. The topological polar surface area (TPSA) is 98.0 Å². The zero-order valence-electron chi connectivity index (χ0n) is 20.8. The predicted molar refractivity (Wildman–Crippen MR) is 140 cm³/mol. The number of rotatable bonds is 7. The molecule has 36 heavy (non-hydrogen) atoms. The van der Waals surface area contributed by atoms with Gasteiger partial charge in [0.1, 0.15) is 0 Å². The summed E-state index contributed by atoms with van der Waals surface area (Å²) in [7, 11) is -1.99. The first-order valence-corrected chi connectivity index (χ1v) is 14.5. The number of aromatic nitrogens is 1. The van der Waals surface area contributed by atoms with Crippen molar-refractivity contribution in [1.29, 1.82) is 0 Å². The van der Waals surface area contributed by atoms with Gasteiger partial charge in [-0.2, -0.15) is 9.30 Å². The Hall–Kier alpha value is -2.82. The fourth-order valence-corrected chi connectivity index (χ4v) is 7.08. The monoisotopic (exact) mass is 529 g/mol. The van der Waals surface area contributed by atoms with Crippen molar-refractivity contribution in [3.63, 3.8) is 0 Å². The Labute approximate surface area is 215 Å². The molecule has 0 aliphatic heterocycles. The number of nitrogens with zero attached hydrogens (tertiary/aromatic N) is 3. The van der Waals surface area contributed by atoms with Gasteiger partial charge in [0.25, 0.3) is 5.91 Å². The molecule has 1 saturated carbocycles. The van der Waals surface area contributed by atoms with Gasteiger partial charge in [-0.25, -0.2) is 13.2 Å². The molecule has 4 rings (SSSR count). The van der Waals surface area contributed by atoms with Crippen molar-refractivity contribution >= 4 is 43.5 Å². The number of esters is 1. The highest BCUT2D eigenvalue weighted by molar-refractivity contribution is 7.89. The Morgan fingerprint density at radius 3 is 2.36 bits per heavy atom. The van der Waals surface area contributed by atoms with Gasteiger partial charge in [0.2, 0.25) is 10.0 Å². The average molecular weight is 530 g/mol. The van der Waals surface area contributed by atoms with Gasteiger partial charge >= 0.3 is 5.97 Å². The van der Waals surface area contributed by atoms with E-state index in [1.165, 1.54) is 39.9 Å². The summed E-state index contributed by atoms with van der Waals surface area (Å²) in [4.78, 5) is 30.0. The maximum Gasteiger partial charge on any atom is 0.338 e. The highest BCUT2D eigenvalue weighted by Gasteiger charge is 2.29. The molecule has 0 saturated heterocycles. The number of benzene rings is 2. The van der Waals surface area contributed by atoms with Gasteiger partial charge in [-0.1, -0.05) is 30.6 Å². The SMILES string of the molecule is CCOC(=O)c1ccc2c(c1)sc(=NC(=O)c1ccc(S(=O)(=O)N(C)C3CCCCC3)cc1)n2CC. The van der Waals surface area contributed by atoms with Crippen LogP contribution in [0.25, 0.3) is 10.2 Å². The molecule has 0 bridgehead atoms. The molecule has 1 fully saturated rings. The number of amides is 1. The molecule has 1 amide bonds. The van der Waals surface area contributed by atoms with Crippen LogP contribution in [0.2, 0.25) is 0 Å². The molecule has 1 aliphatic carbocycles. The van der Waals surface area contributed by atoms with E-state index in [1.54, 1.807) is 26.1 Å². The molecule has 3 aromatic rings. The van der Waals surface area contributed by atoms with Crippen LogP contribution in [-0.4, -0.2) is 48.9 Å². The van der Waals surface area contributed by atoms with Crippen molar-refractivity contribution in [3.8, 4) is 0 Å². The number of sulfonamides is 1. The number of hydrogen-bond donors (Lipinski definition) is 0. The number of ether oxygens (including phenoxy) is 1. The summed E-state index contributed by atoms with van der Waals surface area (Å²) in [6, 6.07) is 11.3. The second-order valence-corrected chi connectivity index (χ2v) is 11.8. The first-order valence-electron chi connectivity index (χ1n) is 12.2. The summed E-state index contributed by atoms with van der Waals surface area (Å²) >= 11 is 1.31. The minimum absolute atomic E-state index is 0.0156. The molecule has 2 aromatic carbocycles. The Kier molecular flexibility index (Phi) is 8.07. The first-order chi connectivity index (χ1) is 17.3. The zero-order valence-corrected chi connectivity index (χ0v) is 22.4. The van der Waals surface area contributed by atoms with Crippen LogP contribution in [-0.2, 0) is 21.3 Å².